The molecule has 1 atom stereocenters. The molecular weight excluding hydrogens is 288 g/mol. The number of benzene rings is 1. The summed E-state index contributed by atoms with van der Waals surface area (Å²) in [5.74, 6) is -0.629. The zero-order valence-corrected chi connectivity index (χ0v) is 9.66. The van der Waals surface area contributed by atoms with Crippen LogP contribution in [0.2, 0.25) is 0 Å². The number of alkyl halides is 6. The summed E-state index contributed by atoms with van der Waals surface area (Å²) in [6.07, 6.45) is -12.7. The van der Waals surface area contributed by atoms with E-state index in [0.717, 1.165) is 18.2 Å². The molecular formula is C12H7F6NO. The van der Waals surface area contributed by atoms with Crippen molar-refractivity contribution in [3.63, 3.8) is 0 Å². The van der Waals surface area contributed by atoms with E-state index >= 15 is 0 Å². The maximum Gasteiger partial charge on any atom is 0.439 e. The number of hydrogen-bond donors (Lipinski definition) is 0. The minimum atomic E-state index is -5.72. The van der Waals surface area contributed by atoms with Gasteiger partial charge in [-0.3, -0.25) is 0 Å². The van der Waals surface area contributed by atoms with E-state index in [2.05, 4.69) is 4.74 Å². The average Bonchev–Trinajstić information content (AvgIpc) is 2.35. The van der Waals surface area contributed by atoms with E-state index in [4.69, 9.17) is 5.26 Å². The first kappa shape index (κ1) is 15.9. The van der Waals surface area contributed by atoms with Gasteiger partial charge in [0.25, 0.3) is 6.17 Å². The van der Waals surface area contributed by atoms with Crippen LogP contribution < -0.4 is 4.74 Å². The van der Waals surface area contributed by atoms with Crippen molar-refractivity contribution < 1.29 is 31.1 Å². The van der Waals surface area contributed by atoms with E-state index in [1.165, 1.54) is 18.2 Å². The molecule has 1 aromatic rings. The summed E-state index contributed by atoms with van der Waals surface area (Å²) in [6.45, 7) is 0. The molecule has 0 fully saturated rings. The van der Waals surface area contributed by atoms with Crippen molar-refractivity contribution in [3.8, 4) is 11.8 Å². The van der Waals surface area contributed by atoms with E-state index in [9.17, 15) is 26.3 Å². The Hall–Kier alpha value is -2.17. The fourth-order valence-electron chi connectivity index (χ4n) is 1.18. The number of nitrogens with zero attached hydrogens (tertiary/aromatic N) is 1. The summed E-state index contributed by atoms with van der Waals surface area (Å²) >= 11 is 0. The van der Waals surface area contributed by atoms with Gasteiger partial charge in [-0.2, -0.15) is 27.2 Å². The first-order valence-electron chi connectivity index (χ1n) is 5.10. The van der Waals surface area contributed by atoms with Crippen LogP contribution in [0.4, 0.5) is 26.3 Å². The minimum absolute atomic E-state index is 0.440. The van der Waals surface area contributed by atoms with Crippen LogP contribution in [0.1, 0.15) is 5.56 Å². The number of allylic oxidation sites excluding steroid dienone is 1. The summed E-state index contributed by atoms with van der Waals surface area (Å²) in [6, 6.07) is 6.02. The summed E-state index contributed by atoms with van der Waals surface area (Å²) in [7, 11) is 0. The highest BCUT2D eigenvalue weighted by atomic mass is 19.4. The van der Waals surface area contributed by atoms with E-state index in [-0.39, 0.29) is 0 Å². The quantitative estimate of drug-likeness (QED) is 0.619. The lowest BCUT2D eigenvalue weighted by molar-refractivity contribution is -0.304. The number of ether oxygens (including phenoxy) is 1. The number of nitriles is 1. The van der Waals surface area contributed by atoms with Crippen molar-refractivity contribution in [2.45, 2.75) is 18.5 Å². The van der Waals surface area contributed by atoms with Crippen LogP contribution in [0.3, 0.4) is 0 Å². The van der Waals surface area contributed by atoms with Gasteiger partial charge in [0.15, 0.2) is 0 Å². The molecule has 0 heterocycles. The molecule has 0 N–H and O–H groups in total. The van der Waals surface area contributed by atoms with E-state index in [1.54, 1.807) is 6.07 Å². The van der Waals surface area contributed by atoms with Gasteiger partial charge in [0.05, 0.1) is 6.07 Å². The molecule has 1 aromatic carbocycles. The highest BCUT2D eigenvalue weighted by molar-refractivity contribution is 5.52. The second-order valence-corrected chi connectivity index (χ2v) is 3.60. The highest BCUT2D eigenvalue weighted by Crippen LogP contribution is 2.36. The van der Waals surface area contributed by atoms with Gasteiger partial charge in [-0.1, -0.05) is 12.1 Å². The van der Waals surface area contributed by atoms with Gasteiger partial charge < -0.3 is 4.74 Å². The molecule has 0 aliphatic rings. The molecule has 0 saturated heterocycles. The molecule has 0 radical (unpaired) electrons. The third kappa shape index (κ3) is 4.19. The zero-order chi connectivity index (χ0) is 15.4. The standard InChI is InChI=1S/C12H7F6NO/c13-10(11(14,15)16)12(17,18)20-9-5-3-8(4-6-9)2-1-7-19/h1-6,10H/t10-/m1/s1. The molecule has 2 nitrogen and oxygen atoms in total. The summed E-state index contributed by atoms with van der Waals surface area (Å²) in [5, 5.41) is 8.26. The molecule has 0 aliphatic carbocycles. The van der Waals surface area contributed by atoms with Crippen molar-refractivity contribution in [2.24, 2.45) is 0 Å². The Balaban J connectivity index is 2.83. The van der Waals surface area contributed by atoms with E-state index in [0.29, 0.717) is 5.56 Å². The first-order chi connectivity index (χ1) is 9.16. The maximum absolute atomic E-state index is 12.9. The largest absolute Gasteiger partial charge is 0.439 e. The van der Waals surface area contributed by atoms with Crippen LogP contribution in [-0.2, 0) is 0 Å². The maximum atomic E-state index is 12.9. The van der Waals surface area contributed by atoms with E-state index in [1.807, 2.05) is 0 Å². The zero-order valence-electron chi connectivity index (χ0n) is 9.66. The van der Waals surface area contributed by atoms with Crippen molar-refractivity contribution in [1.29, 1.82) is 5.26 Å². The Morgan fingerprint density at radius 3 is 2.10 bits per heavy atom. The second kappa shape index (κ2) is 5.86. The summed E-state index contributed by atoms with van der Waals surface area (Å²) in [5.41, 5.74) is 0.440. The van der Waals surface area contributed by atoms with Gasteiger partial charge >= 0.3 is 12.3 Å². The number of halogens is 6. The van der Waals surface area contributed by atoms with Crippen molar-refractivity contribution >= 4 is 6.08 Å². The molecule has 0 amide bonds. The summed E-state index contributed by atoms with van der Waals surface area (Å²) in [4.78, 5) is 0. The van der Waals surface area contributed by atoms with Gasteiger partial charge in [0.2, 0.25) is 0 Å². The van der Waals surface area contributed by atoms with Crippen LogP contribution in [0, 0.1) is 11.3 Å². The SMILES string of the molecule is N#CC=Cc1ccc(OC(F)(F)[C@H](F)C(F)(F)F)cc1. The Labute approximate surface area is 109 Å². The monoisotopic (exact) mass is 295 g/mol. The lowest BCUT2D eigenvalue weighted by Gasteiger charge is -2.23. The molecule has 0 unspecified atom stereocenters. The van der Waals surface area contributed by atoms with Gasteiger partial charge in [-0.15, -0.1) is 0 Å². The molecule has 8 heteroatoms. The predicted molar refractivity (Wildman–Crippen MR) is 57.6 cm³/mol. The topological polar surface area (TPSA) is 33.0 Å². The van der Waals surface area contributed by atoms with Crippen molar-refractivity contribution in [3.05, 3.63) is 35.9 Å². The lowest BCUT2D eigenvalue weighted by Crippen LogP contribution is -2.45. The molecule has 1 rings (SSSR count). The van der Waals surface area contributed by atoms with Crippen LogP contribution in [0.25, 0.3) is 6.08 Å². The molecule has 0 aromatic heterocycles. The van der Waals surface area contributed by atoms with Crippen molar-refractivity contribution in [2.75, 3.05) is 0 Å². The molecule has 108 valence electrons. The van der Waals surface area contributed by atoms with Gasteiger partial charge in [-0.05, 0) is 23.8 Å². The Kier molecular flexibility index (Phi) is 4.65. The third-order valence-electron chi connectivity index (χ3n) is 2.07. The molecule has 0 spiro atoms. The van der Waals surface area contributed by atoms with Gasteiger partial charge in [0, 0.05) is 6.08 Å². The Morgan fingerprint density at radius 1 is 1.10 bits per heavy atom. The number of hydrogen-bond acceptors (Lipinski definition) is 2. The molecule has 0 aliphatic heterocycles. The molecule has 20 heavy (non-hydrogen) atoms. The normalized spacial score (nSPS) is 14.1. The first-order valence-corrected chi connectivity index (χ1v) is 5.10. The van der Waals surface area contributed by atoms with Crippen LogP contribution in [0.15, 0.2) is 30.3 Å². The predicted octanol–water partition coefficient (Wildman–Crippen LogP) is 4.10. The minimum Gasteiger partial charge on any atom is -0.430 e. The van der Waals surface area contributed by atoms with Crippen LogP contribution in [0.5, 0.6) is 5.75 Å². The molecule has 0 bridgehead atoms. The third-order valence-corrected chi connectivity index (χ3v) is 2.07. The smallest absolute Gasteiger partial charge is 0.430 e. The fraction of sp³-hybridized carbons (Fsp3) is 0.250. The van der Waals surface area contributed by atoms with Crippen molar-refractivity contribution in [1.82, 2.24) is 0 Å². The summed E-state index contributed by atoms with van der Waals surface area (Å²) < 4.78 is 77.8. The average molecular weight is 295 g/mol. The Morgan fingerprint density at radius 2 is 1.65 bits per heavy atom. The van der Waals surface area contributed by atoms with Crippen LogP contribution in [-0.4, -0.2) is 18.5 Å². The van der Waals surface area contributed by atoms with Gasteiger partial charge in [0.1, 0.15) is 5.75 Å². The van der Waals surface area contributed by atoms with E-state index < -0.39 is 24.2 Å². The van der Waals surface area contributed by atoms with Crippen LogP contribution >= 0.6 is 0 Å². The Bertz CT molecular complexity index is 514. The second-order valence-electron chi connectivity index (χ2n) is 3.60. The van der Waals surface area contributed by atoms with Gasteiger partial charge in [-0.25, -0.2) is 4.39 Å². The fourth-order valence-corrected chi connectivity index (χ4v) is 1.18. The number of rotatable bonds is 4. The highest BCUT2D eigenvalue weighted by Gasteiger charge is 2.59. The lowest BCUT2D eigenvalue weighted by atomic mass is 10.2. The molecule has 0 saturated carbocycles.